The summed E-state index contributed by atoms with van der Waals surface area (Å²) >= 11 is 0. The number of hydrogen-bond acceptors (Lipinski definition) is 4. The number of carboxylic acids is 1. The van der Waals surface area contributed by atoms with Gasteiger partial charge in [0.25, 0.3) is 0 Å². The minimum atomic E-state index is -0.901. The van der Waals surface area contributed by atoms with E-state index in [0.717, 1.165) is 52.0 Å². The summed E-state index contributed by atoms with van der Waals surface area (Å²) in [6, 6.07) is 7.12. The van der Waals surface area contributed by atoms with Crippen molar-refractivity contribution in [1.82, 2.24) is 4.90 Å². The number of morpholine rings is 1. The summed E-state index contributed by atoms with van der Waals surface area (Å²) in [7, 11) is 0. The van der Waals surface area contributed by atoms with E-state index < -0.39 is 5.97 Å². The number of hydrogen-bond donors (Lipinski definition) is 2. The number of anilines is 1. The summed E-state index contributed by atoms with van der Waals surface area (Å²) < 4.78 is 5.46. The molecule has 0 unspecified atom stereocenters. The molecule has 0 aromatic heterocycles. The van der Waals surface area contributed by atoms with Crippen LogP contribution in [0.2, 0.25) is 0 Å². The Kier molecular flexibility index (Phi) is 5.71. The molecule has 0 spiro atoms. The van der Waals surface area contributed by atoms with Crippen LogP contribution >= 0.6 is 0 Å². The van der Waals surface area contributed by atoms with Gasteiger partial charge in [0.15, 0.2) is 0 Å². The minimum Gasteiger partial charge on any atom is -0.481 e. The van der Waals surface area contributed by atoms with E-state index >= 15 is 0 Å². The molecule has 1 aromatic rings. The Morgan fingerprint density at radius 3 is 2.52 bits per heavy atom. The molecule has 1 aromatic carbocycles. The second kappa shape index (κ2) is 7.97. The molecule has 0 atom stereocenters. The second-order valence-corrected chi connectivity index (χ2v) is 6.98. The summed E-state index contributed by atoms with van der Waals surface area (Å²) in [6.07, 6.45) is 4.74. The van der Waals surface area contributed by atoms with Crippen molar-refractivity contribution in [2.45, 2.75) is 44.1 Å². The first-order chi connectivity index (χ1) is 12.1. The van der Waals surface area contributed by atoms with E-state index in [9.17, 15) is 9.59 Å². The van der Waals surface area contributed by atoms with E-state index in [0.29, 0.717) is 17.7 Å². The van der Waals surface area contributed by atoms with Gasteiger partial charge in [0.05, 0.1) is 19.6 Å². The van der Waals surface area contributed by atoms with Crippen molar-refractivity contribution in [3.8, 4) is 0 Å². The number of benzene rings is 1. The lowest BCUT2D eigenvalue weighted by Crippen LogP contribution is -2.53. The van der Waals surface area contributed by atoms with E-state index in [-0.39, 0.29) is 17.9 Å². The molecule has 1 aliphatic heterocycles. The van der Waals surface area contributed by atoms with Gasteiger partial charge < -0.3 is 15.2 Å². The lowest BCUT2D eigenvalue weighted by Gasteiger charge is -2.43. The number of nitrogens with zero attached hydrogens (tertiary/aromatic N) is 1. The molecule has 1 aliphatic carbocycles. The monoisotopic (exact) mass is 346 g/mol. The fourth-order valence-electron chi connectivity index (χ4n) is 4.13. The predicted octanol–water partition coefficient (Wildman–Crippen LogP) is 2.29. The first-order valence-electron chi connectivity index (χ1n) is 9.01. The largest absolute Gasteiger partial charge is 0.481 e. The highest BCUT2D eigenvalue weighted by atomic mass is 16.5. The highest BCUT2D eigenvalue weighted by Crippen LogP contribution is 2.38. The zero-order valence-electron chi connectivity index (χ0n) is 14.5. The third kappa shape index (κ3) is 4.38. The Balaban J connectivity index is 1.69. The number of ether oxygens (including phenoxy) is 1. The van der Waals surface area contributed by atoms with Crippen LogP contribution in [0.15, 0.2) is 24.3 Å². The molecule has 2 N–H and O–H groups in total. The van der Waals surface area contributed by atoms with Gasteiger partial charge in [0, 0.05) is 30.7 Å². The van der Waals surface area contributed by atoms with Crippen LogP contribution in [0.5, 0.6) is 0 Å². The zero-order chi connectivity index (χ0) is 17.7. The standard InChI is InChI=1S/C19H26N2O4/c22-17(20-16-6-2-1-5-15(16)13-18(23)24)14-19(7-3-4-8-19)21-9-11-25-12-10-21/h1-2,5-6H,3-4,7-14H2,(H,20,22)(H,23,24). The molecule has 0 bridgehead atoms. The predicted molar refractivity (Wildman–Crippen MR) is 94.6 cm³/mol. The molecule has 6 heteroatoms. The average molecular weight is 346 g/mol. The van der Waals surface area contributed by atoms with Crippen molar-refractivity contribution in [2.24, 2.45) is 0 Å². The van der Waals surface area contributed by atoms with E-state index in [2.05, 4.69) is 10.2 Å². The van der Waals surface area contributed by atoms with Crippen molar-refractivity contribution >= 4 is 17.6 Å². The Bertz CT molecular complexity index is 620. The van der Waals surface area contributed by atoms with E-state index in [1.807, 2.05) is 6.07 Å². The van der Waals surface area contributed by atoms with Gasteiger partial charge in [-0.25, -0.2) is 0 Å². The smallest absolute Gasteiger partial charge is 0.307 e. The normalized spacial score (nSPS) is 20.3. The first-order valence-corrected chi connectivity index (χ1v) is 9.01. The molecule has 2 fully saturated rings. The first kappa shape index (κ1) is 17.9. The molecule has 1 saturated carbocycles. The van der Waals surface area contributed by atoms with Gasteiger partial charge in [-0.2, -0.15) is 0 Å². The topological polar surface area (TPSA) is 78.9 Å². The van der Waals surface area contributed by atoms with Crippen molar-refractivity contribution in [1.29, 1.82) is 0 Å². The maximum Gasteiger partial charge on any atom is 0.307 e. The minimum absolute atomic E-state index is 0.0359. The molecular formula is C19H26N2O4. The molecule has 1 saturated heterocycles. The molecule has 3 rings (SSSR count). The van der Waals surface area contributed by atoms with E-state index in [4.69, 9.17) is 9.84 Å². The van der Waals surface area contributed by atoms with E-state index in [1.54, 1.807) is 18.2 Å². The molecule has 1 amide bonds. The number of amides is 1. The van der Waals surface area contributed by atoms with Crippen LogP contribution in [-0.4, -0.2) is 53.7 Å². The van der Waals surface area contributed by atoms with Gasteiger partial charge in [-0.1, -0.05) is 31.0 Å². The molecule has 136 valence electrons. The summed E-state index contributed by atoms with van der Waals surface area (Å²) in [6.45, 7) is 3.21. The molecule has 0 radical (unpaired) electrons. The summed E-state index contributed by atoms with van der Waals surface area (Å²) in [5, 5.41) is 12.0. The second-order valence-electron chi connectivity index (χ2n) is 6.98. The maximum absolute atomic E-state index is 12.7. The Morgan fingerprint density at radius 1 is 1.16 bits per heavy atom. The third-order valence-corrected chi connectivity index (χ3v) is 5.34. The zero-order valence-corrected chi connectivity index (χ0v) is 14.5. The quantitative estimate of drug-likeness (QED) is 0.826. The number of nitrogens with one attached hydrogen (secondary N) is 1. The SMILES string of the molecule is O=C(O)Cc1ccccc1NC(=O)CC1(N2CCOCC2)CCCC1. The van der Waals surface area contributed by atoms with Crippen molar-refractivity contribution in [2.75, 3.05) is 31.6 Å². The van der Waals surface area contributed by atoms with Gasteiger partial charge in [0.1, 0.15) is 0 Å². The lowest BCUT2D eigenvalue weighted by atomic mass is 9.89. The summed E-state index contributed by atoms with van der Waals surface area (Å²) in [5.41, 5.74) is 1.16. The number of carbonyl (C=O) groups excluding carboxylic acids is 1. The van der Waals surface area contributed by atoms with Gasteiger partial charge in [-0.3, -0.25) is 14.5 Å². The van der Waals surface area contributed by atoms with Crippen LogP contribution in [0.3, 0.4) is 0 Å². The average Bonchev–Trinajstić information content (AvgIpc) is 3.06. The third-order valence-electron chi connectivity index (χ3n) is 5.34. The molecule has 1 heterocycles. The van der Waals surface area contributed by atoms with Crippen LogP contribution in [0.4, 0.5) is 5.69 Å². The highest BCUT2D eigenvalue weighted by molar-refractivity contribution is 5.93. The summed E-state index contributed by atoms with van der Waals surface area (Å²) in [5.74, 6) is -0.937. The highest BCUT2D eigenvalue weighted by Gasteiger charge is 2.41. The van der Waals surface area contributed by atoms with Gasteiger partial charge in [-0.05, 0) is 24.5 Å². The Labute approximate surface area is 148 Å². The number of carboxylic acid groups (broad SMARTS) is 1. The van der Waals surface area contributed by atoms with Crippen LogP contribution in [0, 0.1) is 0 Å². The van der Waals surface area contributed by atoms with Crippen molar-refractivity contribution < 1.29 is 19.4 Å². The van der Waals surface area contributed by atoms with Gasteiger partial charge >= 0.3 is 5.97 Å². The van der Waals surface area contributed by atoms with Crippen LogP contribution in [-0.2, 0) is 20.7 Å². The summed E-state index contributed by atoms with van der Waals surface area (Å²) in [4.78, 5) is 26.2. The van der Waals surface area contributed by atoms with Crippen LogP contribution in [0.25, 0.3) is 0 Å². The Morgan fingerprint density at radius 2 is 1.84 bits per heavy atom. The molecular weight excluding hydrogens is 320 g/mol. The van der Waals surface area contributed by atoms with Gasteiger partial charge in [0.2, 0.25) is 5.91 Å². The Hall–Kier alpha value is -1.92. The molecule has 25 heavy (non-hydrogen) atoms. The van der Waals surface area contributed by atoms with Crippen LogP contribution < -0.4 is 5.32 Å². The number of rotatable bonds is 6. The lowest BCUT2D eigenvalue weighted by molar-refractivity contribution is -0.136. The van der Waals surface area contributed by atoms with E-state index in [1.165, 1.54) is 0 Å². The van der Waals surface area contributed by atoms with Crippen molar-refractivity contribution in [3.05, 3.63) is 29.8 Å². The van der Waals surface area contributed by atoms with Crippen LogP contribution in [0.1, 0.15) is 37.7 Å². The molecule has 6 nitrogen and oxygen atoms in total. The van der Waals surface area contributed by atoms with Gasteiger partial charge in [-0.15, -0.1) is 0 Å². The number of carbonyl (C=O) groups is 2. The molecule has 2 aliphatic rings. The van der Waals surface area contributed by atoms with Crippen molar-refractivity contribution in [3.63, 3.8) is 0 Å². The number of para-hydroxylation sites is 1. The number of aliphatic carboxylic acids is 1. The fourth-order valence-corrected chi connectivity index (χ4v) is 4.13. The fraction of sp³-hybridized carbons (Fsp3) is 0.579. The maximum atomic E-state index is 12.7.